The van der Waals surface area contributed by atoms with E-state index in [0.29, 0.717) is 22.0 Å². The van der Waals surface area contributed by atoms with E-state index in [0.717, 1.165) is 10.3 Å². The molecule has 0 aliphatic heterocycles. The zero-order valence-corrected chi connectivity index (χ0v) is 14.2. The van der Waals surface area contributed by atoms with Crippen LogP contribution in [0.25, 0.3) is 22.4 Å². The third-order valence-corrected chi connectivity index (χ3v) is 4.50. The number of non-ortho nitro benzene ring substituents is 1. The molecule has 1 aromatic heterocycles. The lowest BCUT2D eigenvalue weighted by molar-refractivity contribution is -0.384. The van der Waals surface area contributed by atoms with Crippen molar-refractivity contribution in [2.45, 2.75) is 0 Å². The molecule has 1 heterocycles. The Morgan fingerprint density at radius 1 is 1.16 bits per heavy atom. The number of nitrogens with zero attached hydrogens (tertiary/aromatic N) is 2. The normalized spacial score (nSPS) is 11.1. The summed E-state index contributed by atoms with van der Waals surface area (Å²) in [5.74, 6) is 0.548. The zero-order chi connectivity index (χ0) is 18.0. The smallest absolute Gasteiger partial charge is 0.270 e. The summed E-state index contributed by atoms with van der Waals surface area (Å²) in [6, 6.07) is 7.93. The number of aromatic nitrogens is 1. The minimum Gasteiger partial charge on any atom is -0.502 e. The van der Waals surface area contributed by atoms with Gasteiger partial charge in [-0.25, -0.2) is 4.98 Å². The fraction of sp³-hybridized carbons (Fsp3) is 0.118. The molecule has 128 valence electrons. The lowest BCUT2D eigenvalue weighted by Crippen LogP contribution is -1.90. The third-order valence-electron chi connectivity index (χ3n) is 3.52. The van der Waals surface area contributed by atoms with Crippen LogP contribution in [0.1, 0.15) is 10.6 Å². The Morgan fingerprint density at radius 3 is 2.44 bits per heavy atom. The van der Waals surface area contributed by atoms with Gasteiger partial charge in [0.2, 0.25) is 5.75 Å². The van der Waals surface area contributed by atoms with Crippen molar-refractivity contribution in [3.63, 3.8) is 0 Å². The highest BCUT2D eigenvalue weighted by Gasteiger charge is 2.11. The number of benzene rings is 2. The molecule has 0 aliphatic carbocycles. The first-order valence-electron chi connectivity index (χ1n) is 7.20. The summed E-state index contributed by atoms with van der Waals surface area (Å²) in [4.78, 5) is 14.8. The standard InChI is InChI=1S/C17H14N2O5S/c1-23-13-7-10(8-14(24-2)17(13)20)3-6-16-18-12-5-4-11(19(21)22)9-15(12)25-16/h3-9,20H,1-2H3. The van der Waals surface area contributed by atoms with Crippen molar-refractivity contribution in [2.24, 2.45) is 0 Å². The van der Waals surface area contributed by atoms with E-state index >= 15 is 0 Å². The van der Waals surface area contributed by atoms with E-state index in [2.05, 4.69) is 4.98 Å². The lowest BCUT2D eigenvalue weighted by atomic mass is 10.1. The number of hydrogen-bond acceptors (Lipinski definition) is 7. The molecule has 1 N–H and O–H groups in total. The first-order valence-corrected chi connectivity index (χ1v) is 8.01. The number of aromatic hydroxyl groups is 1. The number of phenols is 1. The van der Waals surface area contributed by atoms with Gasteiger partial charge in [-0.1, -0.05) is 6.08 Å². The Kier molecular flexibility index (Phi) is 4.53. The molecule has 0 amide bonds. The molecular formula is C17H14N2O5S. The Morgan fingerprint density at radius 2 is 1.84 bits per heavy atom. The molecule has 3 rings (SSSR count). The molecule has 8 heteroatoms. The summed E-state index contributed by atoms with van der Waals surface area (Å²) in [5.41, 5.74) is 1.51. The summed E-state index contributed by atoms with van der Waals surface area (Å²) in [7, 11) is 2.92. The van der Waals surface area contributed by atoms with E-state index in [1.165, 1.54) is 37.7 Å². The molecule has 0 unspecified atom stereocenters. The summed E-state index contributed by atoms with van der Waals surface area (Å²) < 4.78 is 11.0. The Hall–Kier alpha value is -3.13. The third kappa shape index (κ3) is 3.38. The minimum absolute atomic E-state index is 0.0414. The maximum Gasteiger partial charge on any atom is 0.270 e. The van der Waals surface area contributed by atoms with Gasteiger partial charge in [-0.2, -0.15) is 0 Å². The SMILES string of the molecule is COc1cc(C=Cc2nc3ccc([N+](=O)[O-])cc3s2)cc(OC)c1O. The van der Waals surface area contributed by atoms with Crippen LogP contribution >= 0.6 is 11.3 Å². The first-order chi connectivity index (χ1) is 12.0. The van der Waals surface area contributed by atoms with Gasteiger partial charge >= 0.3 is 0 Å². The number of nitro benzene ring substituents is 1. The average molecular weight is 358 g/mol. The van der Waals surface area contributed by atoms with Crippen LogP contribution in [-0.2, 0) is 0 Å². The molecule has 0 atom stereocenters. The predicted molar refractivity (Wildman–Crippen MR) is 96.4 cm³/mol. The van der Waals surface area contributed by atoms with Crippen LogP contribution in [0.3, 0.4) is 0 Å². The summed E-state index contributed by atoms with van der Waals surface area (Å²) in [6.45, 7) is 0. The minimum atomic E-state index is -0.427. The highest BCUT2D eigenvalue weighted by molar-refractivity contribution is 7.19. The van der Waals surface area contributed by atoms with Crippen LogP contribution in [0.5, 0.6) is 17.2 Å². The fourth-order valence-electron chi connectivity index (χ4n) is 2.29. The second-order valence-electron chi connectivity index (χ2n) is 5.07. The average Bonchev–Trinajstić information content (AvgIpc) is 3.02. The quantitative estimate of drug-likeness (QED) is 0.545. The van der Waals surface area contributed by atoms with Gasteiger partial charge in [0.1, 0.15) is 5.01 Å². The molecule has 2 aromatic carbocycles. The highest BCUT2D eigenvalue weighted by Crippen LogP contribution is 2.37. The Labute approximate surface area is 146 Å². The molecule has 7 nitrogen and oxygen atoms in total. The van der Waals surface area contributed by atoms with Crippen molar-refractivity contribution in [3.05, 3.63) is 51.0 Å². The van der Waals surface area contributed by atoms with Crippen LogP contribution < -0.4 is 9.47 Å². The molecule has 0 fully saturated rings. The van der Waals surface area contributed by atoms with Gasteiger partial charge < -0.3 is 14.6 Å². The maximum absolute atomic E-state index is 10.8. The number of phenolic OH excluding ortho intramolecular Hbond substituents is 1. The van der Waals surface area contributed by atoms with Crippen molar-refractivity contribution >= 4 is 39.4 Å². The van der Waals surface area contributed by atoms with Crippen LogP contribution in [0.15, 0.2) is 30.3 Å². The number of nitro groups is 1. The second kappa shape index (κ2) is 6.78. The van der Waals surface area contributed by atoms with E-state index in [4.69, 9.17) is 9.47 Å². The van der Waals surface area contributed by atoms with Crippen LogP contribution in [0.4, 0.5) is 5.69 Å². The highest BCUT2D eigenvalue weighted by atomic mass is 32.1. The molecule has 25 heavy (non-hydrogen) atoms. The summed E-state index contributed by atoms with van der Waals surface area (Å²) in [5, 5.41) is 21.5. The molecular weight excluding hydrogens is 344 g/mol. The molecule has 0 aliphatic rings. The van der Waals surface area contributed by atoms with Crippen LogP contribution in [-0.4, -0.2) is 29.2 Å². The van der Waals surface area contributed by atoms with Gasteiger partial charge in [0.05, 0.1) is 29.4 Å². The first kappa shape index (κ1) is 16.7. The molecule has 0 spiro atoms. The number of thiazole rings is 1. The van der Waals surface area contributed by atoms with Crippen molar-refractivity contribution in [1.29, 1.82) is 0 Å². The second-order valence-corrected chi connectivity index (χ2v) is 6.13. The lowest BCUT2D eigenvalue weighted by Gasteiger charge is -2.09. The molecule has 3 aromatic rings. The molecule has 0 radical (unpaired) electrons. The fourth-order valence-corrected chi connectivity index (χ4v) is 3.20. The van der Waals surface area contributed by atoms with E-state index in [1.807, 2.05) is 0 Å². The van der Waals surface area contributed by atoms with Gasteiger partial charge in [-0.3, -0.25) is 10.1 Å². The number of methoxy groups -OCH3 is 2. The van der Waals surface area contributed by atoms with Gasteiger partial charge in [-0.05, 0) is 29.8 Å². The zero-order valence-electron chi connectivity index (χ0n) is 13.4. The summed E-state index contributed by atoms with van der Waals surface area (Å²) in [6.07, 6.45) is 3.60. The van der Waals surface area contributed by atoms with Crippen molar-refractivity contribution in [1.82, 2.24) is 4.98 Å². The molecule has 0 bridgehead atoms. The number of fused-ring (bicyclic) bond motifs is 1. The summed E-state index contributed by atoms with van der Waals surface area (Å²) >= 11 is 1.36. The van der Waals surface area contributed by atoms with E-state index in [9.17, 15) is 15.2 Å². The molecule has 0 saturated heterocycles. The number of rotatable bonds is 5. The van der Waals surface area contributed by atoms with Gasteiger partial charge in [0.25, 0.3) is 5.69 Å². The predicted octanol–water partition coefficient (Wildman–Crippen LogP) is 4.10. The van der Waals surface area contributed by atoms with Crippen molar-refractivity contribution < 1.29 is 19.5 Å². The van der Waals surface area contributed by atoms with Gasteiger partial charge in [0.15, 0.2) is 11.5 Å². The topological polar surface area (TPSA) is 94.7 Å². The van der Waals surface area contributed by atoms with Gasteiger partial charge in [0, 0.05) is 12.1 Å². The van der Waals surface area contributed by atoms with E-state index in [-0.39, 0.29) is 11.4 Å². The van der Waals surface area contributed by atoms with Gasteiger partial charge in [-0.15, -0.1) is 11.3 Å². The van der Waals surface area contributed by atoms with Crippen molar-refractivity contribution in [3.8, 4) is 17.2 Å². The maximum atomic E-state index is 10.8. The van der Waals surface area contributed by atoms with E-state index in [1.54, 1.807) is 30.4 Å². The molecule has 0 saturated carbocycles. The monoisotopic (exact) mass is 358 g/mol. The van der Waals surface area contributed by atoms with E-state index < -0.39 is 4.92 Å². The Balaban J connectivity index is 1.94. The number of ether oxygens (including phenoxy) is 2. The number of hydrogen-bond donors (Lipinski definition) is 1. The van der Waals surface area contributed by atoms with Crippen LogP contribution in [0, 0.1) is 10.1 Å². The largest absolute Gasteiger partial charge is 0.502 e. The van der Waals surface area contributed by atoms with Crippen LogP contribution in [0.2, 0.25) is 0 Å². The van der Waals surface area contributed by atoms with Crippen molar-refractivity contribution in [2.75, 3.05) is 14.2 Å². The Bertz CT molecular complexity index is 955.